The minimum Gasteiger partial charge on any atom is -0.455 e. The molecule has 9 nitrogen and oxygen atoms in total. The van der Waals surface area contributed by atoms with Gasteiger partial charge in [-0.25, -0.2) is 0 Å². The summed E-state index contributed by atoms with van der Waals surface area (Å²) in [5.41, 5.74) is 8.87. The van der Waals surface area contributed by atoms with Crippen molar-refractivity contribution >= 4 is 30.6 Å². The van der Waals surface area contributed by atoms with Crippen LogP contribution in [0.2, 0.25) is 5.04 Å². The third kappa shape index (κ3) is 6.59. The summed E-state index contributed by atoms with van der Waals surface area (Å²) < 4.78 is 23.7. The molecule has 0 N–H and O–H groups in total. The SMILES string of the molecule is CC(=O)OC1O[C@H](CN=[N+]=[N-])[C@@H](CCO[Si](c2ccccc2)(c2ccccc2)C(C)(C)C)[C@H]1OC(C)=O. The van der Waals surface area contributed by atoms with Crippen LogP contribution in [0.3, 0.4) is 0 Å². The molecule has 1 heterocycles. The fourth-order valence-corrected chi connectivity index (χ4v) is 9.69. The van der Waals surface area contributed by atoms with E-state index in [1.54, 1.807) is 0 Å². The number of rotatable bonds is 10. The molecule has 0 amide bonds. The predicted molar refractivity (Wildman–Crippen MR) is 142 cm³/mol. The van der Waals surface area contributed by atoms with Crippen LogP contribution < -0.4 is 10.4 Å². The van der Waals surface area contributed by atoms with E-state index in [4.69, 9.17) is 24.2 Å². The Hall–Kier alpha value is -3.17. The number of benzene rings is 2. The zero-order chi connectivity index (χ0) is 27.1. The first-order chi connectivity index (χ1) is 17.6. The number of azide groups is 1. The van der Waals surface area contributed by atoms with E-state index in [0.29, 0.717) is 13.0 Å². The average molecular weight is 526 g/mol. The molecule has 1 aliphatic rings. The van der Waals surface area contributed by atoms with Crippen LogP contribution in [0.25, 0.3) is 10.4 Å². The van der Waals surface area contributed by atoms with Crippen LogP contribution in [0, 0.1) is 5.92 Å². The molecule has 1 aliphatic heterocycles. The number of hydrogen-bond acceptors (Lipinski definition) is 7. The minimum absolute atomic E-state index is 0.00983. The molecule has 0 radical (unpaired) electrons. The van der Waals surface area contributed by atoms with Crippen LogP contribution >= 0.6 is 0 Å². The maximum absolute atomic E-state index is 11.9. The van der Waals surface area contributed by atoms with Gasteiger partial charge in [-0.15, -0.1) is 0 Å². The molecule has 0 aliphatic carbocycles. The summed E-state index contributed by atoms with van der Waals surface area (Å²) >= 11 is 0. The Kier molecular flexibility index (Phi) is 9.50. The molecule has 10 heteroatoms. The summed E-state index contributed by atoms with van der Waals surface area (Å²) in [7, 11) is -2.78. The van der Waals surface area contributed by atoms with E-state index in [9.17, 15) is 9.59 Å². The minimum atomic E-state index is -2.78. The highest BCUT2D eigenvalue weighted by atomic mass is 28.4. The molecular formula is C27H35N3O6Si. The summed E-state index contributed by atoms with van der Waals surface area (Å²) in [5, 5.41) is 5.76. The number of carbonyl (C=O) groups excluding carboxylic acids is 2. The number of nitrogens with zero attached hydrogens (tertiary/aromatic N) is 3. The third-order valence-corrected chi connectivity index (χ3v) is 11.6. The van der Waals surface area contributed by atoms with Crippen molar-refractivity contribution in [3.05, 3.63) is 71.1 Å². The molecule has 0 saturated carbocycles. The lowest BCUT2D eigenvalue weighted by Crippen LogP contribution is -2.66. The summed E-state index contributed by atoms with van der Waals surface area (Å²) in [6.07, 6.45) is -2.10. The molecule has 1 saturated heterocycles. The quantitative estimate of drug-likeness (QED) is 0.151. The van der Waals surface area contributed by atoms with Crippen LogP contribution in [0.1, 0.15) is 41.0 Å². The van der Waals surface area contributed by atoms with Crippen molar-refractivity contribution in [2.24, 2.45) is 11.0 Å². The molecule has 2 aromatic carbocycles. The van der Waals surface area contributed by atoms with E-state index in [2.05, 4.69) is 55.1 Å². The Bertz CT molecular complexity index is 1060. The first kappa shape index (κ1) is 28.4. The van der Waals surface area contributed by atoms with Crippen LogP contribution in [0.15, 0.2) is 65.8 Å². The normalized spacial score (nSPS) is 21.6. The summed E-state index contributed by atoms with van der Waals surface area (Å²) in [6.45, 7) is 9.48. The van der Waals surface area contributed by atoms with Crippen molar-refractivity contribution in [2.45, 2.75) is 64.6 Å². The number of carbonyl (C=O) groups is 2. The molecule has 1 fully saturated rings. The monoisotopic (exact) mass is 525 g/mol. The zero-order valence-corrected chi connectivity index (χ0v) is 23.0. The summed E-state index contributed by atoms with van der Waals surface area (Å²) in [6, 6.07) is 20.5. The van der Waals surface area contributed by atoms with E-state index in [1.165, 1.54) is 13.8 Å². The molecule has 3 rings (SSSR count). The number of hydrogen-bond donors (Lipinski definition) is 0. The standard InChI is InChI=1S/C27H35N3O6Si/c1-19(31)34-25-23(24(18-29-30-28)36-26(25)35-20(2)32)16-17-33-37(27(3,4)5,21-12-8-6-9-13-21)22-14-10-7-11-15-22/h6-15,23-26H,16-18H2,1-5H3/t23-,24-,25-,26?/m1/s1. The number of esters is 2. The maximum atomic E-state index is 11.9. The van der Waals surface area contributed by atoms with Crippen molar-refractivity contribution in [1.82, 2.24) is 0 Å². The van der Waals surface area contributed by atoms with Gasteiger partial charge in [-0.05, 0) is 27.4 Å². The van der Waals surface area contributed by atoms with Crippen molar-refractivity contribution in [3.63, 3.8) is 0 Å². The van der Waals surface area contributed by atoms with Gasteiger partial charge < -0.3 is 18.6 Å². The molecule has 0 aromatic heterocycles. The fraction of sp³-hybridized carbons (Fsp3) is 0.481. The van der Waals surface area contributed by atoms with Crippen molar-refractivity contribution in [1.29, 1.82) is 0 Å². The third-order valence-electron chi connectivity index (χ3n) is 6.57. The van der Waals surface area contributed by atoms with E-state index < -0.39 is 44.7 Å². The summed E-state index contributed by atoms with van der Waals surface area (Å²) in [4.78, 5) is 26.4. The second-order valence-electron chi connectivity index (χ2n) is 10.1. The molecule has 0 bridgehead atoms. The predicted octanol–water partition coefficient (Wildman–Crippen LogP) is 4.10. The van der Waals surface area contributed by atoms with E-state index in [1.807, 2.05) is 36.4 Å². The van der Waals surface area contributed by atoms with Gasteiger partial charge in [0.15, 0.2) is 6.10 Å². The molecule has 1 unspecified atom stereocenters. The highest BCUT2D eigenvalue weighted by Gasteiger charge is 2.52. The lowest BCUT2D eigenvalue weighted by molar-refractivity contribution is -0.194. The average Bonchev–Trinajstić information content (AvgIpc) is 3.15. The molecular weight excluding hydrogens is 490 g/mol. The van der Waals surface area contributed by atoms with Crippen molar-refractivity contribution in [3.8, 4) is 0 Å². The molecule has 0 spiro atoms. The van der Waals surface area contributed by atoms with Gasteiger partial charge in [-0.1, -0.05) is 86.5 Å². The largest absolute Gasteiger partial charge is 0.455 e. The Labute approximate surface area is 218 Å². The smallest absolute Gasteiger partial charge is 0.305 e. The van der Waals surface area contributed by atoms with Gasteiger partial charge in [0.05, 0.1) is 12.6 Å². The van der Waals surface area contributed by atoms with Gasteiger partial charge >= 0.3 is 11.9 Å². The Morgan fingerprint density at radius 1 is 0.973 bits per heavy atom. The van der Waals surface area contributed by atoms with Gasteiger partial charge in [-0.3, -0.25) is 9.59 Å². The van der Waals surface area contributed by atoms with Crippen LogP contribution in [0.4, 0.5) is 0 Å². The summed E-state index contributed by atoms with van der Waals surface area (Å²) in [5.74, 6) is -1.49. The molecule has 2 aromatic rings. The van der Waals surface area contributed by atoms with Gasteiger partial charge in [0.1, 0.15) is 0 Å². The fourth-order valence-electron chi connectivity index (χ4n) is 5.11. The van der Waals surface area contributed by atoms with Crippen LogP contribution in [-0.2, 0) is 28.2 Å². The van der Waals surface area contributed by atoms with E-state index >= 15 is 0 Å². The van der Waals surface area contributed by atoms with Crippen molar-refractivity contribution < 1.29 is 28.2 Å². The second-order valence-corrected chi connectivity index (χ2v) is 14.4. The molecule has 198 valence electrons. The molecule has 37 heavy (non-hydrogen) atoms. The first-order valence-corrected chi connectivity index (χ1v) is 14.3. The van der Waals surface area contributed by atoms with E-state index in [0.717, 1.165) is 10.4 Å². The van der Waals surface area contributed by atoms with Gasteiger partial charge in [0.25, 0.3) is 8.32 Å². The van der Waals surface area contributed by atoms with Crippen molar-refractivity contribution in [2.75, 3.05) is 13.2 Å². The van der Waals surface area contributed by atoms with Crippen LogP contribution in [0.5, 0.6) is 0 Å². The van der Waals surface area contributed by atoms with Gasteiger partial charge in [-0.2, -0.15) is 0 Å². The molecule has 4 atom stereocenters. The lowest BCUT2D eigenvalue weighted by Gasteiger charge is -2.43. The Morgan fingerprint density at radius 2 is 1.51 bits per heavy atom. The lowest BCUT2D eigenvalue weighted by atomic mass is 9.95. The Balaban J connectivity index is 1.95. The maximum Gasteiger partial charge on any atom is 0.305 e. The van der Waals surface area contributed by atoms with Gasteiger partial charge in [0.2, 0.25) is 6.29 Å². The highest BCUT2D eigenvalue weighted by Crippen LogP contribution is 2.38. The second kappa shape index (κ2) is 12.4. The zero-order valence-electron chi connectivity index (χ0n) is 22.0. The highest BCUT2D eigenvalue weighted by molar-refractivity contribution is 6.99. The number of ether oxygens (including phenoxy) is 3. The van der Waals surface area contributed by atoms with Gasteiger partial charge in [0, 0.05) is 31.3 Å². The topological polar surface area (TPSA) is 120 Å². The van der Waals surface area contributed by atoms with Crippen LogP contribution in [-0.4, -0.2) is 51.9 Å². The Morgan fingerprint density at radius 3 is 1.97 bits per heavy atom. The first-order valence-electron chi connectivity index (χ1n) is 12.4. The van der Waals surface area contributed by atoms with E-state index in [-0.39, 0.29) is 11.6 Å².